The average Bonchev–Trinajstić information content (AvgIpc) is 3.46. The number of rotatable bonds is 8. The quantitative estimate of drug-likeness (QED) is 0.381. The average molecular weight is 572 g/mol. The summed E-state index contributed by atoms with van der Waals surface area (Å²) >= 11 is 8.22. The van der Waals surface area contributed by atoms with Crippen molar-refractivity contribution in [2.75, 3.05) is 33.4 Å². The molecule has 36 heavy (non-hydrogen) atoms. The van der Waals surface area contributed by atoms with Crippen molar-refractivity contribution in [3.63, 3.8) is 0 Å². The molecule has 4 rings (SSSR count). The summed E-state index contributed by atoms with van der Waals surface area (Å²) in [4.78, 5) is 30.3. The Kier molecular flexibility index (Phi) is 8.63. The van der Waals surface area contributed by atoms with E-state index < -0.39 is 21.9 Å². The minimum Gasteiger partial charge on any atom is -0.462 e. The maximum atomic E-state index is 13.2. The molecule has 0 spiro atoms. The van der Waals surface area contributed by atoms with Crippen LogP contribution >= 0.6 is 34.3 Å². The van der Waals surface area contributed by atoms with Crippen LogP contribution in [0.3, 0.4) is 0 Å². The Morgan fingerprint density at radius 2 is 2.03 bits per heavy atom. The molecule has 9 nitrogen and oxygen atoms in total. The zero-order chi connectivity index (χ0) is 25.9. The van der Waals surface area contributed by atoms with E-state index in [4.69, 9.17) is 21.1 Å². The largest absolute Gasteiger partial charge is 0.462 e. The van der Waals surface area contributed by atoms with Crippen LogP contribution in [0.25, 0.3) is 10.2 Å². The van der Waals surface area contributed by atoms with Crippen molar-refractivity contribution in [3.8, 4) is 0 Å². The number of piperidine rings is 1. The first-order chi connectivity index (χ1) is 17.2. The Hall–Kier alpha value is -2.09. The van der Waals surface area contributed by atoms with Gasteiger partial charge in [-0.3, -0.25) is 4.79 Å². The van der Waals surface area contributed by atoms with Crippen LogP contribution < -0.4 is 4.80 Å². The van der Waals surface area contributed by atoms with Gasteiger partial charge in [-0.1, -0.05) is 22.9 Å². The number of carbonyl (C=O) groups excluding carboxylic acids is 2. The Morgan fingerprint density at radius 1 is 1.22 bits per heavy atom. The second kappa shape index (κ2) is 11.5. The van der Waals surface area contributed by atoms with E-state index >= 15 is 0 Å². The molecule has 1 amide bonds. The van der Waals surface area contributed by atoms with Crippen LogP contribution in [0.4, 0.5) is 0 Å². The highest BCUT2D eigenvalue weighted by Gasteiger charge is 2.34. The third-order valence-electron chi connectivity index (χ3n) is 5.79. The topological polar surface area (TPSA) is 107 Å². The molecule has 0 bridgehead atoms. The Balaban J connectivity index is 1.64. The Bertz CT molecular complexity index is 1440. The lowest BCUT2D eigenvalue weighted by atomic mass is 9.99. The zero-order valence-corrected chi connectivity index (χ0v) is 23.0. The fraction of sp³-hybridized carbons (Fsp3) is 0.435. The van der Waals surface area contributed by atoms with E-state index in [1.165, 1.54) is 21.7 Å². The first-order valence-corrected chi connectivity index (χ1v) is 14.8. The molecule has 1 fully saturated rings. The van der Waals surface area contributed by atoms with Gasteiger partial charge in [0.05, 0.1) is 39.2 Å². The van der Waals surface area contributed by atoms with E-state index in [1.807, 2.05) is 4.57 Å². The molecule has 0 saturated carbocycles. The highest BCUT2D eigenvalue weighted by Crippen LogP contribution is 2.31. The van der Waals surface area contributed by atoms with Gasteiger partial charge in [-0.05, 0) is 50.1 Å². The van der Waals surface area contributed by atoms with Gasteiger partial charge in [-0.25, -0.2) is 13.2 Å². The summed E-state index contributed by atoms with van der Waals surface area (Å²) in [5, 5.41) is 0. The molecule has 13 heteroatoms. The van der Waals surface area contributed by atoms with Gasteiger partial charge in [0, 0.05) is 26.7 Å². The molecule has 1 aromatic carbocycles. The van der Waals surface area contributed by atoms with Crippen LogP contribution in [0.2, 0.25) is 4.34 Å². The number of sulfonamides is 1. The van der Waals surface area contributed by atoms with E-state index in [0.29, 0.717) is 47.2 Å². The molecule has 3 heterocycles. The molecule has 1 atom stereocenters. The maximum absolute atomic E-state index is 13.2. The minimum absolute atomic E-state index is 0.0656. The van der Waals surface area contributed by atoms with Crippen LogP contribution in [-0.4, -0.2) is 62.6 Å². The van der Waals surface area contributed by atoms with Crippen LogP contribution in [0.15, 0.2) is 39.5 Å². The number of carbonyl (C=O) groups is 2. The monoisotopic (exact) mass is 571 g/mol. The zero-order valence-electron chi connectivity index (χ0n) is 19.8. The van der Waals surface area contributed by atoms with Gasteiger partial charge in [0.25, 0.3) is 15.9 Å². The lowest BCUT2D eigenvalue weighted by Crippen LogP contribution is -2.42. The van der Waals surface area contributed by atoms with Crippen LogP contribution in [0, 0.1) is 5.92 Å². The van der Waals surface area contributed by atoms with Crippen molar-refractivity contribution in [3.05, 3.63) is 45.0 Å². The maximum Gasteiger partial charge on any atom is 0.338 e. The normalized spacial score (nSPS) is 17.5. The summed E-state index contributed by atoms with van der Waals surface area (Å²) in [5.74, 6) is -1.34. The number of aromatic nitrogens is 1. The number of benzene rings is 1. The van der Waals surface area contributed by atoms with Crippen molar-refractivity contribution >= 4 is 66.4 Å². The molecule has 3 aromatic rings. The van der Waals surface area contributed by atoms with Gasteiger partial charge in [-0.15, -0.1) is 11.3 Å². The molecule has 1 saturated heterocycles. The van der Waals surface area contributed by atoms with Crippen molar-refractivity contribution in [1.82, 2.24) is 8.87 Å². The number of thiophene rings is 1. The second-order valence-corrected chi connectivity index (χ2v) is 13.0. The number of methoxy groups -OCH3 is 1. The van der Waals surface area contributed by atoms with Gasteiger partial charge in [0.2, 0.25) is 0 Å². The van der Waals surface area contributed by atoms with E-state index in [1.54, 1.807) is 38.3 Å². The summed E-state index contributed by atoms with van der Waals surface area (Å²) in [7, 11) is -2.14. The van der Waals surface area contributed by atoms with E-state index in [2.05, 4.69) is 4.99 Å². The number of ether oxygens (including phenoxy) is 2. The molecule has 2 aromatic heterocycles. The molecule has 1 aliphatic rings. The van der Waals surface area contributed by atoms with Crippen LogP contribution in [0.5, 0.6) is 0 Å². The second-order valence-electron chi connectivity index (χ2n) is 8.14. The number of fused-ring (bicyclic) bond motifs is 1. The molecule has 0 radical (unpaired) electrons. The summed E-state index contributed by atoms with van der Waals surface area (Å²) in [5.41, 5.74) is 1.24. The molecule has 194 valence electrons. The van der Waals surface area contributed by atoms with Gasteiger partial charge < -0.3 is 14.0 Å². The van der Waals surface area contributed by atoms with Crippen molar-refractivity contribution in [2.24, 2.45) is 10.9 Å². The third-order valence-corrected chi connectivity index (χ3v) is 10.4. The fourth-order valence-electron chi connectivity index (χ4n) is 4.01. The third kappa shape index (κ3) is 5.74. The van der Waals surface area contributed by atoms with Crippen molar-refractivity contribution in [2.45, 2.75) is 30.5 Å². The number of nitrogens with zero attached hydrogens (tertiary/aromatic N) is 3. The van der Waals surface area contributed by atoms with Crippen LogP contribution in [0.1, 0.15) is 30.1 Å². The summed E-state index contributed by atoms with van der Waals surface area (Å²) in [6, 6.07) is 8.25. The smallest absolute Gasteiger partial charge is 0.338 e. The standard InChI is InChI=1S/C23H26ClN3O6S3/c1-3-33-22(29)15-6-7-17-18(13-15)34-23(27(17)11-12-32-2)25-21(28)16-5-4-10-26(14-16)36(30,31)20-9-8-19(24)35-20/h6-9,13,16H,3-5,10-12,14H2,1-2H3. The van der Waals surface area contributed by atoms with E-state index in [0.717, 1.165) is 21.6 Å². The van der Waals surface area contributed by atoms with Gasteiger partial charge >= 0.3 is 5.97 Å². The number of hydrogen-bond acceptors (Lipinski definition) is 8. The van der Waals surface area contributed by atoms with Crippen molar-refractivity contribution < 1.29 is 27.5 Å². The predicted octanol–water partition coefficient (Wildman–Crippen LogP) is 3.77. The fourth-order valence-corrected chi connectivity index (χ4v) is 8.27. The Labute approximate surface area is 222 Å². The lowest BCUT2D eigenvalue weighted by Gasteiger charge is -2.29. The Morgan fingerprint density at radius 3 is 2.72 bits per heavy atom. The number of thiazole rings is 1. The highest BCUT2D eigenvalue weighted by atomic mass is 35.5. The molecule has 0 N–H and O–H groups in total. The van der Waals surface area contributed by atoms with Gasteiger partial charge in [0.1, 0.15) is 4.21 Å². The van der Waals surface area contributed by atoms with Crippen LogP contribution in [-0.2, 0) is 30.8 Å². The summed E-state index contributed by atoms with van der Waals surface area (Å²) in [6.07, 6.45) is 1.11. The lowest BCUT2D eigenvalue weighted by molar-refractivity contribution is -0.122. The molecular weight excluding hydrogens is 546 g/mol. The molecule has 1 aliphatic heterocycles. The minimum atomic E-state index is -3.73. The van der Waals surface area contributed by atoms with Gasteiger partial charge in [0.15, 0.2) is 4.80 Å². The first kappa shape index (κ1) is 27.0. The van der Waals surface area contributed by atoms with Gasteiger partial charge in [-0.2, -0.15) is 9.30 Å². The first-order valence-electron chi connectivity index (χ1n) is 11.4. The van der Waals surface area contributed by atoms with E-state index in [-0.39, 0.29) is 23.3 Å². The molecule has 1 unspecified atom stereocenters. The van der Waals surface area contributed by atoms with Crippen molar-refractivity contribution in [1.29, 1.82) is 0 Å². The highest BCUT2D eigenvalue weighted by molar-refractivity contribution is 7.91. The molecular formula is C23H26ClN3O6S3. The number of hydrogen-bond donors (Lipinski definition) is 0. The summed E-state index contributed by atoms with van der Waals surface area (Å²) < 4.78 is 40.9. The number of amides is 1. The number of halogens is 1. The summed E-state index contributed by atoms with van der Waals surface area (Å²) in [6.45, 7) is 3.30. The SMILES string of the molecule is CCOC(=O)c1ccc2c(c1)sc(=NC(=O)C1CCCN(S(=O)(=O)c3ccc(Cl)s3)C1)n2CCOC. The predicted molar refractivity (Wildman–Crippen MR) is 139 cm³/mol. The molecule has 0 aliphatic carbocycles. The van der Waals surface area contributed by atoms with E-state index in [9.17, 15) is 18.0 Å². The number of esters is 1.